The Hall–Kier alpha value is -2.88. The standard InChI is InChI=1S/C26H30N2O2/c1-27-25(29)21-14-11-20(12-15-21)18-28-23(16-13-19-7-3-2-4-8-19)17-22-9-5-6-10-24(22)26(28)30/h2-10,17,20-21H,11-16,18H2,1H3,(H,27,29). The van der Waals surface area contributed by atoms with Gasteiger partial charge in [0.15, 0.2) is 0 Å². The van der Waals surface area contributed by atoms with Crippen molar-refractivity contribution in [3.05, 3.63) is 82.3 Å². The van der Waals surface area contributed by atoms with Crippen molar-refractivity contribution in [3.8, 4) is 0 Å². The summed E-state index contributed by atoms with van der Waals surface area (Å²) in [5.74, 6) is 0.720. The molecule has 0 bridgehead atoms. The van der Waals surface area contributed by atoms with E-state index in [0.717, 1.165) is 61.5 Å². The molecule has 2 aromatic carbocycles. The lowest BCUT2D eigenvalue weighted by atomic mass is 9.81. The van der Waals surface area contributed by atoms with Crippen molar-refractivity contribution < 1.29 is 4.79 Å². The molecule has 156 valence electrons. The Labute approximate surface area is 177 Å². The molecule has 1 aliphatic carbocycles. The number of amides is 1. The van der Waals surface area contributed by atoms with Crippen molar-refractivity contribution in [2.75, 3.05) is 7.05 Å². The number of carbonyl (C=O) groups excluding carboxylic acids is 1. The molecule has 0 atom stereocenters. The maximum Gasteiger partial charge on any atom is 0.258 e. The molecule has 0 saturated heterocycles. The Bertz CT molecular complexity index is 1060. The fourth-order valence-electron chi connectivity index (χ4n) is 4.74. The van der Waals surface area contributed by atoms with Gasteiger partial charge in [0.25, 0.3) is 5.56 Å². The largest absolute Gasteiger partial charge is 0.359 e. The second-order valence-corrected chi connectivity index (χ2v) is 8.46. The fraction of sp³-hybridized carbons (Fsp3) is 0.385. The summed E-state index contributed by atoms with van der Waals surface area (Å²) in [6.45, 7) is 0.744. The molecule has 1 N–H and O–H groups in total. The molecule has 4 nitrogen and oxygen atoms in total. The summed E-state index contributed by atoms with van der Waals surface area (Å²) in [6, 6.07) is 20.5. The summed E-state index contributed by atoms with van der Waals surface area (Å²) in [4.78, 5) is 25.3. The third-order valence-corrected chi connectivity index (χ3v) is 6.52. The van der Waals surface area contributed by atoms with Gasteiger partial charge in [0.2, 0.25) is 5.91 Å². The zero-order valence-electron chi connectivity index (χ0n) is 17.6. The van der Waals surface area contributed by atoms with Gasteiger partial charge in [-0.3, -0.25) is 9.59 Å². The highest BCUT2D eigenvalue weighted by atomic mass is 16.1. The van der Waals surface area contributed by atoms with Crippen LogP contribution in [0, 0.1) is 11.8 Å². The predicted molar refractivity (Wildman–Crippen MR) is 122 cm³/mol. The number of fused-ring (bicyclic) bond motifs is 1. The second kappa shape index (κ2) is 9.29. The van der Waals surface area contributed by atoms with E-state index in [2.05, 4.69) is 35.6 Å². The number of aryl methyl sites for hydroxylation is 2. The van der Waals surface area contributed by atoms with E-state index in [-0.39, 0.29) is 17.4 Å². The highest BCUT2D eigenvalue weighted by Crippen LogP contribution is 2.30. The van der Waals surface area contributed by atoms with Crippen molar-refractivity contribution >= 4 is 16.7 Å². The first-order valence-electron chi connectivity index (χ1n) is 11.0. The van der Waals surface area contributed by atoms with Gasteiger partial charge in [0.1, 0.15) is 0 Å². The van der Waals surface area contributed by atoms with E-state index in [1.807, 2.05) is 34.9 Å². The van der Waals surface area contributed by atoms with Crippen LogP contribution in [0.3, 0.4) is 0 Å². The van der Waals surface area contributed by atoms with Crippen LogP contribution < -0.4 is 10.9 Å². The number of hydrogen-bond donors (Lipinski definition) is 1. The molecule has 1 amide bonds. The molecule has 0 radical (unpaired) electrons. The smallest absolute Gasteiger partial charge is 0.258 e. The Morgan fingerprint density at radius 1 is 0.967 bits per heavy atom. The van der Waals surface area contributed by atoms with Gasteiger partial charge in [0, 0.05) is 30.6 Å². The minimum Gasteiger partial charge on any atom is -0.359 e. The highest BCUT2D eigenvalue weighted by Gasteiger charge is 2.26. The summed E-state index contributed by atoms with van der Waals surface area (Å²) in [7, 11) is 1.71. The Morgan fingerprint density at radius 2 is 1.67 bits per heavy atom. The summed E-state index contributed by atoms with van der Waals surface area (Å²) in [6.07, 6.45) is 5.57. The lowest BCUT2D eigenvalue weighted by molar-refractivity contribution is -0.125. The SMILES string of the molecule is CNC(=O)C1CCC(Cn2c(CCc3ccccc3)cc3ccccc3c2=O)CC1. The number of nitrogens with zero attached hydrogens (tertiary/aromatic N) is 1. The van der Waals surface area contributed by atoms with E-state index in [1.165, 1.54) is 5.56 Å². The second-order valence-electron chi connectivity index (χ2n) is 8.46. The molecular weight excluding hydrogens is 372 g/mol. The zero-order valence-corrected chi connectivity index (χ0v) is 17.6. The summed E-state index contributed by atoms with van der Waals surface area (Å²) in [5.41, 5.74) is 2.51. The van der Waals surface area contributed by atoms with Crippen molar-refractivity contribution in [1.29, 1.82) is 0 Å². The van der Waals surface area contributed by atoms with Gasteiger partial charge in [-0.25, -0.2) is 0 Å². The number of pyridine rings is 1. The monoisotopic (exact) mass is 402 g/mol. The van der Waals surface area contributed by atoms with Gasteiger partial charge >= 0.3 is 0 Å². The van der Waals surface area contributed by atoms with Crippen LogP contribution in [0.5, 0.6) is 0 Å². The van der Waals surface area contributed by atoms with Crippen LogP contribution in [-0.4, -0.2) is 17.5 Å². The quantitative estimate of drug-likeness (QED) is 0.667. The first-order chi connectivity index (χ1) is 14.7. The van der Waals surface area contributed by atoms with Crippen LogP contribution in [0.4, 0.5) is 0 Å². The third kappa shape index (κ3) is 4.48. The Morgan fingerprint density at radius 3 is 2.40 bits per heavy atom. The number of hydrogen-bond acceptors (Lipinski definition) is 2. The molecule has 1 saturated carbocycles. The molecule has 30 heavy (non-hydrogen) atoms. The molecule has 0 spiro atoms. The highest BCUT2D eigenvalue weighted by molar-refractivity contribution is 5.82. The van der Waals surface area contributed by atoms with Crippen molar-refractivity contribution in [2.24, 2.45) is 11.8 Å². The summed E-state index contributed by atoms with van der Waals surface area (Å²) < 4.78 is 2.01. The Kier molecular flexibility index (Phi) is 6.32. The Balaban J connectivity index is 1.58. The maximum absolute atomic E-state index is 13.4. The molecule has 1 heterocycles. The molecule has 1 fully saturated rings. The van der Waals surface area contributed by atoms with E-state index < -0.39 is 0 Å². The van der Waals surface area contributed by atoms with E-state index in [9.17, 15) is 9.59 Å². The van der Waals surface area contributed by atoms with Crippen molar-refractivity contribution in [3.63, 3.8) is 0 Å². The van der Waals surface area contributed by atoms with E-state index in [4.69, 9.17) is 0 Å². The molecule has 0 aliphatic heterocycles. The van der Waals surface area contributed by atoms with E-state index in [1.54, 1.807) is 7.05 Å². The van der Waals surface area contributed by atoms with Gasteiger partial charge in [-0.15, -0.1) is 0 Å². The summed E-state index contributed by atoms with van der Waals surface area (Å²) in [5, 5.41) is 4.59. The number of benzene rings is 2. The average molecular weight is 403 g/mol. The van der Waals surface area contributed by atoms with Crippen molar-refractivity contribution in [2.45, 2.75) is 45.1 Å². The molecule has 4 heteroatoms. The van der Waals surface area contributed by atoms with Gasteiger partial charge in [0.05, 0.1) is 0 Å². The molecule has 0 unspecified atom stereocenters. The molecule has 3 aromatic rings. The van der Waals surface area contributed by atoms with Gasteiger partial charge in [-0.2, -0.15) is 0 Å². The van der Waals surface area contributed by atoms with Crippen LogP contribution >= 0.6 is 0 Å². The molecular formula is C26H30N2O2. The van der Waals surface area contributed by atoms with Crippen LogP contribution in [-0.2, 0) is 24.2 Å². The van der Waals surface area contributed by atoms with Gasteiger partial charge in [-0.05, 0) is 67.5 Å². The lowest BCUT2D eigenvalue weighted by Crippen LogP contribution is -2.33. The summed E-state index contributed by atoms with van der Waals surface area (Å²) >= 11 is 0. The number of rotatable bonds is 6. The van der Waals surface area contributed by atoms with Crippen LogP contribution in [0.25, 0.3) is 10.8 Å². The number of carbonyl (C=O) groups is 1. The lowest BCUT2D eigenvalue weighted by Gasteiger charge is -2.28. The minimum atomic E-state index is 0.115. The van der Waals surface area contributed by atoms with Gasteiger partial charge < -0.3 is 9.88 Å². The molecule has 4 rings (SSSR count). The normalized spacial score (nSPS) is 19.0. The van der Waals surface area contributed by atoms with E-state index in [0.29, 0.717) is 5.92 Å². The first kappa shape index (κ1) is 20.4. The van der Waals surface area contributed by atoms with Crippen LogP contribution in [0.2, 0.25) is 0 Å². The van der Waals surface area contributed by atoms with Crippen LogP contribution in [0.15, 0.2) is 65.5 Å². The van der Waals surface area contributed by atoms with Crippen molar-refractivity contribution in [1.82, 2.24) is 9.88 Å². The first-order valence-corrected chi connectivity index (χ1v) is 11.0. The number of nitrogens with one attached hydrogen (secondary N) is 1. The average Bonchev–Trinajstić information content (AvgIpc) is 2.80. The van der Waals surface area contributed by atoms with E-state index >= 15 is 0 Å². The molecule has 1 aliphatic rings. The third-order valence-electron chi connectivity index (χ3n) is 6.52. The minimum absolute atomic E-state index is 0.115. The van der Waals surface area contributed by atoms with Gasteiger partial charge in [-0.1, -0.05) is 48.5 Å². The molecule has 1 aromatic heterocycles. The topological polar surface area (TPSA) is 51.1 Å². The van der Waals surface area contributed by atoms with Crippen LogP contribution in [0.1, 0.15) is 36.9 Å². The number of aromatic nitrogens is 1. The zero-order chi connectivity index (χ0) is 20.9. The predicted octanol–water partition coefficient (Wildman–Crippen LogP) is 4.34. The maximum atomic E-state index is 13.4. The fourth-order valence-corrected chi connectivity index (χ4v) is 4.74.